The SMILES string of the molecule is COCCOCCOC(=O)Cn1cc[n+](C)c1C.F[B-](F)(F)F. The first kappa shape index (κ1) is 21.4. The minimum absolute atomic E-state index is 0.227. The highest BCUT2D eigenvalue weighted by Crippen LogP contribution is 2.06. The van der Waals surface area contributed by atoms with Crippen molar-refractivity contribution in [1.29, 1.82) is 0 Å². The highest BCUT2D eigenvalue weighted by Gasteiger charge is 2.20. The number of aryl methyl sites for hydroxylation is 1. The van der Waals surface area contributed by atoms with Gasteiger partial charge in [-0.3, -0.25) is 0 Å². The highest BCUT2D eigenvalue weighted by atomic mass is 19.5. The summed E-state index contributed by atoms with van der Waals surface area (Å²) < 4.78 is 57.9. The molecular weight excluding hydrogens is 323 g/mol. The number of rotatable bonds is 8. The van der Waals surface area contributed by atoms with Crippen LogP contribution in [0.1, 0.15) is 5.82 Å². The lowest BCUT2D eigenvalue weighted by Crippen LogP contribution is -2.30. The fourth-order valence-electron chi connectivity index (χ4n) is 1.41. The average molecular weight is 344 g/mol. The Bertz CT molecular complexity index is 462. The fourth-order valence-corrected chi connectivity index (χ4v) is 1.41. The lowest BCUT2D eigenvalue weighted by atomic mass is 10.3. The van der Waals surface area contributed by atoms with Crippen molar-refractivity contribution in [1.82, 2.24) is 4.57 Å². The third kappa shape index (κ3) is 12.6. The van der Waals surface area contributed by atoms with Crippen LogP contribution in [0.25, 0.3) is 0 Å². The van der Waals surface area contributed by atoms with E-state index in [2.05, 4.69) is 0 Å². The zero-order valence-electron chi connectivity index (χ0n) is 13.3. The number of halogens is 4. The Balaban J connectivity index is 0.000000841. The molecule has 0 amide bonds. The molecule has 11 heteroatoms. The predicted octanol–water partition coefficient (Wildman–Crippen LogP) is 1.13. The number of aromatic nitrogens is 2. The zero-order valence-corrected chi connectivity index (χ0v) is 13.3. The van der Waals surface area contributed by atoms with Crippen LogP contribution in [0.3, 0.4) is 0 Å². The smallest absolute Gasteiger partial charge is 0.460 e. The first-order chi connectivity index (χ1) is 10.6. The molecule has 0 aromatic carbocycles. The van der Waals surface area contributed by atoms with Crippen molar-refractivity contribution >= 4 is 13.2 Å². The molecule has 134 valence electrons. The van der Waals surface area contributed by atoms with Crippen LogP contribution in [0.5, 0.6) is 0 Å². The summed E-state index contributed by atoms with van der Waals surface area (Å²) in [6, 6.07) is 0. The second kappa shape index (κ2) is 11.0. The first-order valence-corrected chi connectivity index (χ1v) is 6.76. The molecular formula is C12H21BF4N2O4. The van der Waals surface area contributed by atoms with Gasteiger partial charge in [0.1, 0.15) is 19.0 Å². The van der Waals surface area contributed by atoms with Gasteiger partial charge in [-0.1, -0.05) is 0 Å². The molecule has 0 spiro atoms. The molecule has 1 heterocycles. The maximum atomic E-state index is 11.5. The van der Waals surface area contributed by atoms with Crippen LogP contribution in [0.4, 0.5) is 17.3 Å². The summed E-state index contributed by atoms with van der Waals surface area (Å²) in [7, 11) is -2.45. The number of ether oxygens (including phenoxy) is 3. The van der Waals surface area contributed by atoms with E-state index in [1.165, 1.54) is 0 Å². The second-order valence-electron chi connectivity index (χ2n) is 4.40. The number of esters is 1. The van der Waals surface area contributed by atoms with Crippen LogP contribution in [-0.4, -0.2) is 51.3 Å². The Morgan fingerprint density at radius 3 is 2.26 bits per heavy atom. The van der Waals surface area contributed by atoms with Gasteiger partial charge in [0.2, 0.25) is 0 Å². The normalized spacial score (nSPS) is 10.9. The predicted molar refractivity (Wildman–Crippen MR) is 74.2 cm³/mol. The van der Waals surface area contributed by atoms with E-state index < -0.39 is 7.25 Å². The number of carbonyl (C=O) groups is 1. The van der Waals surface area contributed by atoms with Gasteiger partial charge in [0, 0.05) is 14.0 Å². The first-order valence-electron chi connectivity index (χ1n) is 6.76. The van der Waals surface area contributed by atoms with E-state index in [1.54, 1.807) is 7.11 Å². The molecule has 23 heavy (non-hydrogen) atoms. The van der Waals surface area contributed by atoms with Crippen LogP contribution in [0.15, 0.2) is 12.4 Å². The average Bonchev–Trinajstić information content (AvgIpc) is 2.73. The van der Waals surface area contributed by atoms with Gasteiger partial charge in [0.05, 0.1) is 26.9 Å². The number of hydrogen-bond acceptors (Lipinski definition) is 4. The largest absolute Gasteiger partial charge is 0.673 e. The van der Waals surface area contributed by atoms with Gasteiger partial charge in [-0.25, -0.2) is 13.9 Å². The molecule has 0 N–H and O–H groups in total. The van der Waals surface area contributed by atoms with Crippen molar-refractivity contribution in [3.05, 3.63) is 18.2 Å². The van der Waals surface area contributed by atoms with Crippen LogP contribution in [0.2, 0.25) is 0 Å². The summed E-state index contributed by atoms with van der Waals surface area (Å²) in [6.45, 7) is 3.90. The van der Waals surface area contributed by atoms with Gasteiger partial charge in [-0.05, 0) is 0 Å². The van der Waals surface area contributed by atoms with E-state index in [0.29, 0.717) is 19.8 Å². The number of imidazole rings is 1. The van der Waals surface area contributed by atoms with Gasteiger partial charge in [-0.15, -0.1) is 0 Å². The molecule has 1 rings (SSSR count). The summed E-state index contributed by atoms with van der Waals surface area (Å²) in [5, 5.41) is 0. The lowest BCUT2D eigenvalue weighted by Gasteiger charge is -2.05. The third-order valence-electron chi connectivity index (χ3n) is 2.62. The Labute approximate surface area is 132 Å². The Kier molecular flexibility index (Phi) is 10.2. The minimum atomic E-state index is -6.00. The van der Waals surface area contributed by atoms with Gasteiger partial charge in [0.15, 0.2) is 6.54 Å². The minimum Gasteiger partial charge on any atom is -0.460 e. The van der Waals surface area contributed by atoms with Gasteiger partial charge in [0.25, 0.3) is 5.82 Å². The number of carbonyl (C=O) groups excluding carboxylic acids is 1. The van der Waals surface area contributed by atoms with Gasteiger partial charge in [-0.2, -0.15) is 0 Å². The van der Waals surface area contributed by atoms with Crippen molar-refractivity contribution < 1.29 is 40.8 Å². The van der Waals surface area contributed by atoms with Crippen LogP contribution in [0, 0.1) is 6.92 Å². The highest BCUT2D eigenvalue weighted by molar-refractivity contribution is 6.50. The van der Waals surface area contributed by atoms with Crippen molar-refractivity contribution in [3.8, 4) is 0 Å². The Morgan fingerprint density at radius 1 is 1.22 bits per heavy atom. The molecule has 6 nitrogen and oxygen atoms in total. The van der Waals surface area contributed by atoms with E-state index in [1.807, 2.05) is 35.5 Å². The van der Waals surface area contributed by atoms with Crippen molar-refractivity contribution in [2.45, 2.75) is 13.5 Å². The number of nitrogens with zero attached hydrogens (tertiary/aromatic N) is 2. The van der Waals surface area contributed by atoms with Crippen LogP contribution < -0.4 is 4.57 Å². The van der Waals surface area contributed by atoms with Crippen LogP contribution in [-0.2, 0) is 32.6 Å². The van der Waals surface area contributed by atoms with Gasteiger partial charge < -0.3 is 31.5 Å². The summed E-state index contributed by atoms with van der Waals surface area (Å²) in [6.07, 6.45) is 3.75. The van der Waals surface area contributed by atoms with Crippen LogP contribution >= 0.6 is 0 Å². The molecule has 0 aliphatic carbocycles. The molecule has 0 fully saturated rings. The van der Waals surface area contributed by atoms with E-state index >= 15 is 0 Å². The lowest BCUT2D eigenvalue weighted by molar-refractivity contribution is -0.677. The molecule has 0 radical (unpaired) electrons. The maximum Gasteiger partial charge on any atom is 0.673 e. The number of hydrogen-bond donors (Lipinski definition) is 0. The summed E-state index contributed by atoms with van der Waals surface area (Å²) in [4.78, 5) is 11.5. The molecule has 0 unspecified atom stereocenters. The van der Waals surface area contributed by atoms with Crippen molar-refractivity contribution in [2.24, 2.45) is 7.05 Å². The van der Waals surface area contributed by atoms with E-state index in [9.17, 15) is 22.1 Å². The third-order valence-corrected chi connectivity index (χ3v) is 2.62. The zero-order chi connectivity index (χ0) is 17.9. The van der Waals surface area contributed by atoms with E-state index in [4.69, 9.17) is 14.2 Å². The standard InChI is InChI=1S/C12H21N2O4.BF4/c1-11-13(2)4-5-14(11)10-12(15)18-9-8-17-7-6-16-3;2-1(3,4)5/h4-5H,6-10H2,1-3H3;/q+1;-1. The maximum absolute atomic E-state index is 11.5. The second-order valence-corrected chi connectivity index (χ2v) is 4.40. The quantitative estimate of drug-likeness (QED) is 0.233. The molecule has 0 saturated carbocycles. The molecule has 1 aromatic heterocycles. The fraction of sp³-hybridized carbons (Fsp3) is 0.667. The van der Waals surface area contributed by atoms with E-state index in [-0.39, 0.29) is 19.1 Å². The number of methoxy groups -OCH3 is 1. The van der Waals surface area contributed by atoms with E-state index in [0.717, 1.165) is 5.82 Å². The summed E-state index contributed by atoms with van der Waals surface area (Å²) >= 11 is 0. The summed E-state index contributed by atoms with van der Waals surface area (Å²) in [5.41, 5.74) is 0. The molecule has 0 saturated heterocycles. The molecule has 0 aliphatic heterocycles. The van der Waals surface area contributed by atoms with Crippen molar-refractivity contribution in [2.75, 3.05) is 33.5 Å². The summed E-state index contributed by atoms with van der Waals surface area (Å²) in [5.74, 6) is 0.743. The Morgan fingerprint density at radius 2 is 1.78 bits per heavy atom. The van der Waals surface area contributed by atoms with Gasteiger partial charge >= 0.3 is 13.2 Å². The monoisotopic (exact) mass is 344 g/mol. The molecule has 0 atom stereocenters. The Hall–Kier alpha value is -1.62. The molecule has 0 aliphatic rings. The molecule has 1 aromatic rings. The molecule has 0 bridgehead atoms. The topological polar surface area (TPSA) is 53.6 Å². The van der Waals surface area contributed by atoms with Crippen molar-refractivity contribution in [3.63, 3.8) is 0 Å².